The van der Waals surface area contributed by atoms with Gasteiger partial charge >= 0.3 is 6.09 Å². The molecule has 1 atom stereocenters. The van der Waals surface area contributed by atoms with E-state index in [-0.39, 0.29) is 11.6 Å². The highest BCUT2D eigenvalue weighted by Crippen LogP contribution is 2.34. The van der Waals surface area contributed by atoms with Gasteiger partial charge in [-0.25, -0.2) is 9.78 Å². The Balaban J connectivity index is 1.95. The van der Waals surface area contributed by atoms with Crippen molar-refractivity contribution in [3.05, 3.63) is 69.2 Å². The van der Waals surface area contributed by atoms with Crippen LogP contribution in [0.1, 0.15) is 51.0 Å². The van der Waals surface area contributed by atoms with Gasteiger partial charge < -0.3 is 4.74 Å². The number of benzene rings is 2. The van der Waals surface area contributed by atoms with Crippen LogP contribution in [0.2, 0.25) is 5.02 Å². The molecule has 1 aromatic heterocycles. The maximum Gasteiger partial charge on any atom is 0.410 e. The van der Waals surface area contributed by atoms with E-state index in [4.69, 9.17) is 21.3 Å². The van der Waals surface area contributed by atoms with E-state index in [2.05, 4.69) is 0 Å². The second kappa shape index (κ2) is 8.00. The topological polar surface area (TPSA) is 64.4 Å². The summed E-state index contributed by atoms with van der Waals surface area (Å²) in [4.78, 5) is 33.2. The molecule has 0 aliphatic carbocycles. The Labute approximate surface area is 186 Å². The molecule has 0 saturated carbocycles. The van der Waals surface area contributed by atoms with E-state index in [1.807, 2.05) is 52.0 Å². The number of hydrogen-bond donors (Lipinski definition) is 0. The van der Waals surface area contributed by atoms with Crippen LogP contribution in [0.15, 0.2) is 47.3 Å². The molecule has 1 amide bonds. The third-order valence-corrected chi connectivity index (χ3v) is 5.72. The first-order valence-corrected chi connectivity index (χ1v) is 10.8. The number of carbonyl (C=O) groups is 1. The number of para-hydroxylation sites is 1. The molecular weight excluding hydrogens is 414 g/mol. The Bertz CT molecular complexity index is 1210. The van der Waals surface area contributed by atoms with Crippen molar-refractivity contribution >= 4 is 28.6 Å². The van der Waals surface area contributed by atoms with Gasteiger partial charge in [0.2, 0.25) is 0 Å². The lowest BCUT2D eigenvalue weighted by Gasteiger charge is -2.29. The predicted octanol–water partition coefficient (Wildman–Crippen LogP) is 5.42. The van der Waals surface area contributed by atoms with E-state index in [1.54, 1.807) is 27.7 Å². The standard InChI is InChI=1S/C24H26ClN3O3/c1-15-9-5-6-12-18(15)28-21(26-17-11-7-10-16(25)20(17)22(28)29)19-13-8-14-27(19)23(30)31-24(2,3)4/h5-7,9-12,19H,8,13-14H2,1-4H3/t19-/m0/s1. The zero-order valence-electron chi connectivity index (χ0n) is 18.2. The number of aryl methyl sites for hydroxylation is 1. The van der Waals surface area contributed by atoms with Crippen molar-refractivity contribution in [2.24, 2.45) is 0 Å². The molecular formula is C24H26ClN3O3. The average Bonchev–Trinajstić information content (AvgIpc) is 3.17. The molecule has 1 aliphatic rings. The Morgan fingerprint density at radius 1 is 1.16 bits per heavy atom. The van der Waals surface area contributed by atoms with E-state index < -0.39 is 11.7 Å². The largest absolute Gasteiger partial charge is 0.444 e. The highest BCUT2D eigenvalue weighted by atomic mass is 35.5. The molecule has 7 heteroatoms. The third kappa shape index (κ3) is 4.04. The number of ether oxygens (including phenoxy) is 1. The van der Waals surface area contributed by atoms with Crippen LogP contribution < -0.4 is 5.56 Å². The average molecular weight is 440 g/mol. The van der Waals surface area contributed by atoms with Gasteiger partial charge in [0.25, 0.3) is 5.56 Å². The zero-order chi connectivity index (χ0) is 22.3. The molecule has 1 saturated heterocycles. The molecule has 0 radical (unpaired) electrons. The SMILES string of the molecule is Cc1ccccc1-n1c([C@@H]2CCCN2C(=O)OC(C)(C)C)nc2cccc(Cl)c2c1=O. The molecule has 0 bridgehead atoms. The summed E-state index contributed by atoms with van der Waals surface area (Å²) in [5.41, 5.74) is 1.34. The normalized spacial score (nSPS) is 16.7. The van der Waals surface area contributed by atoms with E-state index in [0.717, 1.165) is 17.7 Å². The molecule has 0 spiro atoms. The van der Waals surface area contributed by atoms with Crippen molar-refractivity contribution in [2.45, 2.75) is 52.2 Å². The molecule has 162 valence electrons. The van der Waals surface area contributed by atoms with Gasteiger partial charge in [-0.1, -0.05) is 35.9 Å². The summed E-state index contributed by atoms with van der Waals surface area (Å²) in [5.74, 6) is 0.525. The molecule has 31 heavy (non-hydrogen) atoms. The summed E-state index contributed by atoms with van der Waals surface area (Å²) < 4.78 is 7.24. The van der Waals surface area contributed by atoms with Gasteiger partial charge in [-0.2, -0.15) is 0 Å². The summed E-state index contributed by atoms with van der Waals surface area (Å²) in [6.45, 7) is 8.03. The minimum atomic E-state index is -0.607. The van der Waals surface area contributed by atoms with Gasteiger partial charge in [0.05, 0.1) is 27.7 Å². The Morgan fingerprint density at radius 2 is 1.90 bits per heavy atom. The molecule has 1 fully saturated rings. The second-order valence-corrected chi connectivity index (χ2v) is 9.27. The van der Waals surface area contributed by atoms with Crippen LogP contribution >= 0.6 is 11.6 Å². The van der Waals surface area contributed by atoms with Crippen molar-refractivity contribution in [3.8, 4) is 5.69 Å². The first-order chi connectivity index (χ1) is 14.7. The number of carbonyl (C=O) groups excluding carboxylic acids is 1. The van der Waals surface area contributed by atoms with Crippen LogP contribution in [0.3, 0.4) is 0 Å². The van der Waals surface area contributed by atoms with Gasteiger partial charge in [0.1, 0.15) is 11.4 Å². The van der Waals surface area contributed by atoms with Crippen LogP contribution in [-0.2, 0) is 4.74 Å². The number of aromatic nitrogens is 2. The van der Waals surface area contributed by atoms with Crippen molar-refractivity contribution in [1.82, 2.24) is 14.5 Å². The van der Waals surface area contributed by atoms with Crippen LogP contribution in [0, 0.1) is 6.92 Å². The number of fused-ring (bicyclic) bond motifs is 1. The summed E-state index contributed by atoms with van der Waals surface area (Å²) in [6, 6.07) is 12.5. The van der Waals surface area contributed by atoms with Crippen molar-refractivity contribution in [1.29, 1.82) is 0 Å². The second-order valence-electron chi connectivity index (χ2n) is 8.86. The van der Waals surface area contributed by atoms with Gasteiger partial charge in [-0.3, -0.25) is 14.3 Å². The van der Waals surface area contributed by atoms with E-state index >= 15 is 0 Å². The first-order valence-electron chi connectivity index (χ1n) is 10.4. The summed E-state index contributed by atoms with van der Waals surface area (Å²) in [5, 5.41) is 0.734. The summed E-state index contributed by atoms with van der Waals surface area (Å²) >= 11 is 6.39. The number of nitrogens with zero attached hydrogens (tertiary/aromatic N) is 3. The van der Waals surface area contributed by atoms with Crippen LogP contribution in [0.5, 0.6) is 0 Å². The Morgan fingerprint density at radius 3 is 2.61 bits per heavy atom. The maximum atomic E-state index is 13.7. The van der Waals surface area contributed by atoms with Gasteiger partial charge in [0, 0.05) is 6.54 Å². The number of amides is 1. The maximum absolute atomic E-state index is 13.7. The molecule has 6 nitrogen and oxygen atoms in total. The molecule has 4 rings (SSSR count). The Hall–Kier alpha value is -2.86. The fourth-order valence-corrected chi connectivity index (χ4v) is 4.30. The van der Waals surface area contributed by atoms with Crippen molar-refractivity contribution in [3.63, 3.8) is 0 Å². The number of hydrogen-bond acceptors (Lipinski definition) is 4. The molecule has 2 aromatic carbocycles. The molecule has 0 unspecified atom stereocenters. The fourth-order valence-electron chi connectivity index (χ4n) is 4.05. The van der Waals surface area contributed by atoms with Gasteiger partial charge in [0.15, 0.2) is 0 Å². The smallest absolute Gasteiger partial charge is 0.410 e. The van der Waals surface area contributed by atoms with Crippen LogP contribution in [0.25, 0.3) is 16.6 Å². The van der Waals surface area contributed by atoms with E-state index in [1.165, 1.54) is 0 Å². The highest BCUT2D eigenvalue weighted by Gasteiger charge is 2.36. The molecule has 1 aliphatic heterocycles. The number of likely N-dealkylation sites (tertiary alicyclic amines) is 1. The van der Waals surface area contributed by atoms with Crippen LogP contribution in [0.4, 0.5) is 4.79 Å². The molecule has 3 aromatic rings. The fraction of sp³-hybridized carbons (Fsp3) is 0.375. The third-order valence-electron chi connectivity index (χ3n) is 5.41. The number of halogens is 1. The minimum Gasteiger partial charge on any atom is -0.444 e. The lowest BCUT2D eigenvalue weighted by molar-refractivity contribution is 0.0216. The van der Waals surface area contributed by atoms with Crippen LogP contribution in [-0.4, -0.2) is 32.7 Å². The van der Waals surface area contributed by atoms with Gasteiger partial charge in [-0.15, -0.1) is 0 Å². The number of rotatable bonds is 2. The zero-order valence-corrected chi connectivity index (χ0v) is 18.9. The van der Waals surface area contributed by atoms with Crippen molar-refractivity contribution < 1.29 is 9.53 Å². The lowest BCUT2D eigenvalue weighted by Crippen LogP contribution is -2.38. The van der Waals surface area contributed by atoms with Crippen molar-refractivity contribution in [2.75, 3.05) is 6.54 Å². The monoisotopic (exact) mass is 439 g/mol. The Kier molecular flexibility index (Phi) is 5.52. The first kappa shape index (κ1) is 21.4. The van der Waals surface area contributed by atoms with E-state index in [0.29, 0.717) is 34.7 Å². The summed E-state index contributed by atoms with van der Waals surface area (Å²) in [7, 11) is 0. The minimum absolute atomic E-state index is 0.240. The van der Waals surface area contributed by atoms with Gasteiger partial charge in [-0.05, 0) is 64.3 Å². The molecule has 2 heterocycles. The summed E-state index contributed by atoms with van der Waals surface area (Å²) in [6.07, 6.45) is 1.11. The highest BCUT2D eigenvalue weighted by molar-refractivity contribution is 6.35. The lowest BCUT2D eigenvalue weighted by atomic mass is 10.1. The quantitative estimate of drug-likeness (QED) is 0.534. The molecule has 0 N–H and O–H groups in total. The predicted molar refractivity (Wildman–Crippen MR) is 122 cm³/mol. The van der Waals surface area contributed by atoms with E-state index in [9.17, 15) is 9.59 Å².